The number of benzene rings is 1. The molecule has 2 atom stereocenters. The Labute approximate surface area is 123 Å². The second kappa shape index (κ2) is 6.47. The average molecular weight is 293 g/mol. The lowest BCUT2D eigenvalue weighted by atomic mass is 10.1. The van der Waals surface area contributed by atoms with Crippen molar-refractivity contribution in [3.05, 3.63) is 24.3 Å². The molecule has 0 radical (unpaired) electrons. The van der Waals surface area contributed by atoms with Crippen LogP contribution in [0.1, 0.15) is 13.8 Å². The van der Waals surface area contributed by atoms with Crippen LogP contribution in [0, 0.1) is 0 Å². The second-order valence-corrected chi connectivity index (χ2v) is 4.81. The predicted octanol–water partition coefficient (Wildman–Crippen LogP) is 1.24. The molecule has 21 heavy (non-hydrogen) atoms. The normalized spacial score (nSPS) is 19.8. The van der Waals surface area contributed by atoms with Crippen LogP contribution >= 0.6 is 0 Å². The highest BCUT2D eigenvalue weighted by Crippen LogP contribution is 2.33. The molecule has 6 nitrogen and oxygen atoms in total. The van der Waals surface area contributed by atoms with Crippen LogP contribution in [0.25, 0.3) is 0 Å². The highest BCUT2D eigenvalue weighted by atomic mass is 16.6. The number of esters is 1. The fraction of sp³-hybridized carbons (Fsp3) is 0.467. The molecule has 1 aromatic rings. The minimum absolute atomic E-state index is 0.110. The van der Waals surface area contributed by atoms with E-state index in [9.17, 15) is 9.59 Å². The molecular weight excluding hydrogens is 274 g/mol. The van der Waals surface area contributed by atoms with E-state index in [4.69, 9.17) is 14.2 Å². The van der Waals surface area contributed by atoms with E-state index in [0.717, 1.165) is 0 Å². The van der Waals surface area contributed by atoms with Gasteiger partial charge in [0.1, 0.15) is 12.6 Å². The largest absolute Gasteiger partial charge is 0.482 e. The molecule has 1 amide bonds. The first-order chi connectivity index (χ1) is 10.0. The van der Waals surface area contributed by atoms with Gasteiger partial charge >= 0.3 is 5.97 Å². The summed E-state index contributed by atoms with van der Waals surface area (Å²) in [5.74, 6) is 0.378. The monoisotopic (exact) mass is 293 g/mol. The molecule has 1 aliphatic heterocycles. The second-order valence-electron chi connectivity index (χ2n) is 4.81. The molecule has 1 heterocycles. The molecule has 1 aromatic carbocycles. The van der Waals surface area contributed by atoms with Crippen LogP contribution in [0.3, 0.4) is 0 Å². The molecule has 0 N–H and O–H groups in total. The third-order valence-corrected chi connectivity index (χ3v) is 3.13. The Kier molecular flexibility index (Phi) is 4.67. The van der Waals surface area contributed by atoms with Crippen LogP contribution in [0.5, 0.6) is 11.5 Å². The summed E-state index contributed by atoms with van der Waals surface area (Å²) in [5.41, 5.74) is 0. The number of carbonyl (C=O) groups excluding carboxylic acids is 2. The lowest BCUT2D eigenvalue weighted by molar-refractivity contribution is -0.152. The highest BCUT2D eigenvalue weighted by molar-refractivity contribution is 5.86. The van der Waals surface area contributed by atoms with E-state index in [1.54, 1.807) is 26.0 Å². The Morgan fingerprint density at radius 2 is 1.86 bits per heavy atom. The number of fused-ring (bicyclic) bond motifs is 1. The molecule has 0 bridgehead atoms. The summed E-state index contributed by atoms with van der Waals surface area (Å²) in [4.78, 5) is 25.1. The fourth-order valence-electron chi connectivity index (χ4n) is 2.09. The number of ether oxygens (including phenoxy) is 3. The van der Waals surface area contributed by atoms with Gasteiger partial charge in [0.15, 0.2) is 11.5 Å². The van der Waals surface area contributed by atoms with Crippen LogP contribution in [0.2, 0.25) is 0 Å². The van der Waals surface area contributed by atoms with E-state index in [-0.39, 0.29) is 19.1 Å². The van der Waals surface area contributed by atoms with Gasteiger partial charge in [-0.25, -0.2) is 0 Å². The molecule has 114 valence electrons. The van der Waals surface area contributed by atoms with Crippen molar-refractivity contribution in [2.45, 2.75) is 26.1 Å². The van der Waals surface area contributed by atoms with E-state index in [1.165, 1.54) is 11.9 Å². The quantitative estimate of drug-likeness (QED) is 0.781. The van der Waals surface area contributed by atoms with Gasteiger partial charge in [0.05, 0.1) is 6.61 Å². The Morgan fingerprint density at radius 3 is 2.48 bits per heavy atom. The Bertz CT molecular complexity index is 531. The van der Waals surface area contributed by atoms with Crippen molar-refractivity contribution in [1.29, 1.82) is 0 Å². The van der Waals surface area contributed by atoms with E-state index < -0.39 is 18.2 Å². The van der Waals surface area contributed by atoms with Gasteiger partial charge in [0.2, 0.25) is 6.10 Å². The van der Waals surface area contributed by atoms with Crippen LogP contribution in [-0.4, -0.2) is 49.2 Å². The standard InChI is InChI=1S/C15H19NO5/c1-4-19-13(17)9-16(3)15(18)14-10(2)20-11-7-5-6-8-12(11)21-14/h5-8,10,14H,4,9H2,1-3H3. The van der Waals surface area contributed by atoms with Gasteiger partial charge in [-0.05, 0) is 26.0 Å². The molecule has 0 fully saturated rings. The SMILES string of the molecule is CCOC(=O)CN(C)C(=O)C1Oc2ccccc2OC1C. The molecular formula is C15H19NO5. The van der Waals surface area contributed by atoms with Gasteiger partial charge in [-0.2, -0.15) is 0 Å². The molecule has 0 saturated carbocycles. The maximum atomic E-state index is 12.4. The summed E-state index contributed by atoms with van der Waals surface area (Å²) in [6.07, 6.45) is -1.21. The zero-order valence-corrected chi connectivity index (χ0v) is 12.4. The van der Waals surface area contributed by atoms with Crippen LogP contribution in [0.15, 0.2) is 24.3 Å². The summed E-state index contributed by atoms with van der Waals surface area (Å²) in [6.45, 7) is 3.65. The van der Waals surface area contributed by atoms with Gasteiger partial charge in [-0.3, -0.25) is 9.59 Å². The Balaban J connectivity index is 2.04. The molecule has 2 unspecified atom stereocenters. The van der Waals surface area contributed by atoms with Crippen molar-refractivity contribution in [3.63, 3.8) is 0 Å². The van der Waals surface area contributed by atoms with E-state index in [0.29, 0.717) is 11.5 Å². The van der Waals surface area contributed by atoms with Gasteiger partial charge in [-0.15, -0.1) is 0 Å². The average Bonchev–Trinajstić information content (AvgIpc) is 2.46. The van der Waals surface area contributed by atoms with E-state index in [2.05, 4.69) is 0 Å². The van der Waals surface area contributed by atoms with Crippen molar-refractivity contribution < 1.29 is 23.8 Å². The first kappa shape index (κ1) is 15.2. The van der Waals surface area contributed by atoms with Crippen molar-refractivity contribution in [3.8, 4) is 11.5 Å². The van der Waals surface area contributed by atoms with E-state index >= 15 is 0 Å². The lowest BCUT2D eigenvalue weighted by Crippen LogP contribution is -2.50. The fourth-order valence-corrected chi connectivity index (χ4v) is 2.09. The topological polar surface area (TPSA) is 65.1 Å². The molecule has 0 spiro atoms. The smallest absolute Gasteiger partial charge is 0.325 e. The van der Waals surface area contributed by atoms with E-state index in [1.807, 2.05) is 12.1 Å². The summed E-state index contributed by atoms with van der Waals surface area (Å²) in [6, 6.07) is 7.17. The molecule has 0 aromatic heterocycles. The van der Waals surface area contributed by atoms with Gasteiger partial charge in [0, 0.05) is 7.05 Å². The van der Waals surface area contributed by atoms with Crippen molar-refractivity contribution in [2.24, 2.45) is 0 Å². The number of nitrogens with zero attached hydrogens (tertiary/aromatic N) is 1. The predicted molar refractivity (Wildman–Crippen MR) is 75.2 cm³/mol. The van der Waals surface area contributed by atoms with Crippen molar-refractivity contribution in [2.75, 3.05) is 20.2 Å². The number of likely N-dealkylation sites (N-methyl/N-ethyl adjacent to an activating group) is 1. The van der Waals surface area contributed by atoms with Gasteiger partial charge < -0.3 is 19.1 Å². The zero-order chi connectivity index (χ0) is 15.4. The number of carbonyl (C=O) groups is 2. The molecule has 0 aliphatic carbocycles. The highest BCUT2D eigenvalue weighted by Gasteiger charge is 2.36. The van der Waals surface area contributed by atoms with Gasteiger partial charge in [0.25, 0.3) is 5.91 Å². The third kappa shape index (κ3) is 3.45. The summed E-state index contributed by atoms with van der Waals surface area (Å²) in [5, 5.41) is 0. The number of hydrogen-bond acceptors (Lipinski definition) is 5. The Hall–Kier alpha value is -2.24. The number of hydrogen-bond donors (Lipinski definition) is 0. The van der Waals surface area contributed by atoms with Crippen LogP contribution in [-0.2, 0) is 14.3 Å². The van der Waals surface area contributed by atoms with Crippen LogP contribution < -0.4 is 9.47 Å². The van der Waals surface area contributed by atoms with Gasteiger partial charge in [-0.1, -0.05) is 12.1 Å². The number of para-hydroxylation sites is 2. The lowest BCUT2D eigenvalue weighted by Gasteiger charge is -2.33. The number of amides is 1. The third-order valence-electron chi connectivity index (χ3n) is 3.13. The Morgan fingerprint density at radius 1 is 1.24 bits per heavy atom. The first-order valence-corrected chi connectivity index (χ1v) is 6.86. The maximum Gasteiger partial charge on any atom is 0.325 e. The summed E-state index contributed by atoms with van der Waals surface area (Å²) >= 11 is 0. The summed E-state index contributed by atoms with van der Waals surface area (Å²) < 4.78 is 16.2. The molecule has 6 heteroatoms. The first-order valence-electron chi connectivity index (χ1n) is 6.86. The van der Waals surface area contributed by atoms with Crippen molar-refractivity contribution >= 4 is 11.9 Å². The minimum atomic E-state index is -0.778. The molecule has 0 saturated heterocycles. The maximum absolute atomic E-state index is 12.4. The minimum Gasteiger partial charge on any atom is -0.482 e. The zero-order valence-electron chi connectivity index (χ0n) is 12.4. The number of rotatable bonds is 4. The summed E-state index contributed by atoms with van der Waals surface area (Å²) in [7, 11) is 1.54. The van der Waals surface area contributed by atoms with Crippen LogP contribution in [0.4, 0.5) is 0 Å². The van der Waals surface area contributed by atoms with Crippen molar-refractivity contribution in [1.82, 2.24) is 4.90 Å². The molecule has 1 aliphatic rings. The molecule has 2 rings (SSSR count).